The number of anilines is 2. The quantitative estimate of drug-likeness (QED) is 0.689. The molecule has 1 aliphatic rings. The first-order chi connectivity index (χ1) is 14.0. The smallest absolute Gasteiger partial charge is 0.338 e. The second kappa shape index (κ2) is 9.93. The summed E-state index contributed by atoms with van der Waals surface area (Å²) in [6.45, 7) is 0.929. The Bertz CT molecular complexity index is 812. The van der Waals surface area contributed by atoms with Crippen LogP contribution in [0.3, 0.4) is 0 Å². The molecule has 7 heteroatoms. The first kappa shape index (κ1) is 20.7. The van der Waals surface area contributed by atoms with Crippen LogP contribution in [0.15, 0.2) is 48.5 Å². The number of amides is 1. The Morgan fingerprint density at radius 2 is 1.83 bits per heavy atom. The molecule has 0 aliphatic carbocycles. The second-order valence-electron chi connectivity index (χ2n) is 7.04. The van der Waals surface area contributed by atoms with E-state index in [0.29, 0.717) is 23.6 Å². The minimum absolute atomic E-state index is 0.136. The molecule has 0 saturated carbocycles. The Morgan fingerprint density at radius 1 is 1.10 bits per heavy atom. The maximum Gasteiger partial charge on any atom is 0.338 e. The zero-order chi connectivity index (χ0) is 20.6. The van der Waals surface area contributed by atoms with Crippen molar-refractivity contribution in [3.8, 4) is 5.75 Å². The molecule has 2 aromatic carbocycles. The number of carbonyl (C=O) groups is 2. The first-order valence-electron chi connectivity index (χ1n) is 9.60. The Labute approximate surface area is 170 Å². The molecule has 1 amide bonds. The van der Waals surface area contributed by atoms with E-state index in [-0.39, 0.29) is 12.7 Å². The van der Waals surface area contributed by atoms with Gasteiger partial charge in [-0.15, -0.1) is 0 Å². The van der Waals surface area contributed by atoms with Crippen molar-refractivity contribution < 1.29 is 23.8 Å². The van der Waals surface area contributed by atoms with E-state index in [1.165, 1.54) is 0 Å². The Balaban J connectivity index is 1.42. The van der Waals surface area contributed by atoms with Crippen molar-refractivity contribution in [2.75, 3.05) is 44.1 Å². The van der Waals surface area contributed by atoms with Gasteiger partial charge in [0, 0.05) is 32.1 Å². The number of ether oxygens (including phenoxy) is 3. The number of nitrogens with zero attached hydrogens (tertiary/aromatic N) is 1. The van der Waals surface area contributed by atoms with E-state index in [1.807, 2.05) is 31.1 Å². The van der Waals surface area contributed by atoms with Crippen LogP contribution >= 0.6 is 0 Å². The van der Waals surface area contributed by atoms with Crippen molar-refractivity contribution >= 4 is 23.3 Å². The molecule has 2 aromatic rings. The van der Waals surface area contributed by atoms with Crippen molar-refractivity contribution in [2.24, 2.45) is 0 Å². The molecule has 3 rings (SSSR count). The van der Waals surface area contributed by atoms with Gasteiger partial charge in [0.05, 0.1) is 11.7 Å². The van der Waals surface area contributed by atoms with Gasteiger partial charge in [-0.25, -0.2) is 4.79 Å². The standard InChI is InChI=1S/C22H26N2O5/c1-24(2)18-9-7-17(8-10-18)23-21(25)15-29-22(26)16-5-11-19(12-6-16)28-14-20-4-3-13-27-20/h5-12,20H,3-4,13-15H2,1-2H3,(H,23,25)/t20-/m1/s1. The van der Waals surface area contributed by atoms with Crippen molar-refractivity contribution in [1.82, 2.24) is 0 Å². The summed E-state index contributed by atoms with van der Waals surface area (Å²) in [5.41, 5.74) is 2.03. The highest BCUT2D eigenvalue weighted by molar-refractivity contribution is 5.95. The normalized spacial score (nSPS) is 15.6. The van der Waals surface area contributed by atoms with Crippen LogP contribution < -0.4 is 15.0 Å². The van der Waals surface area contributed by atoms with Gasteiger partial charge in [-0.3, -0.25) is 4.79 Å². The topological polar surface area (TPSA) is 77.1 Å². The summed E-state index contributed by atoms with van der Waals surface area (Å²) >= 11 is 0. The monoisotopic (exact) mass is 398 g/mol. The minimum Gasteiger partial charge on any atom is -0.491 e. The Hall–Kier alpha value is -3.06. The van der Waals surface area contributed by atoms with Crippen LogP contribution in [0.1, 0.15) is 23.2 Å². The van der Waals surface area contributed by atoms with Gasteiger partial charge in [-0.1, -0.05) is 0 Å². The molecule has 1 atom stereocenters. The van der Waals surface area contributed by atoms with Crippen molar-refractivity contribution in [3.05, 3.63) is 54.1 Å². The van der Waals surface area contributed by atoms with Crippen molar-refractivity contribution in [1.29, 1.82) is 0 Å². The molecule has 1 aliphatic heterocycles. The zero-order valence-electron chi connectivity index (χ0n) is 16.7. The average Bonchev–Trinajstić information content (AvgIpc) is 3.25. The lowest BCUT2D eigenvalue weighted by molar-refractivity contribution is -0.119. The maximum atomic E-state index is 12.1. The maximum absolute atomic E-state index is 12.1. The van der Waals surface area contributed by atoms with Gasteiger partial charge >= 0.3 is 5.97 Å². The number of rotatable bonds is 8. The summed E-state index contributed by atoms with van der Waals surface area (Å²) in [6, 6.07) is 14.0. The fourth-order valence-electron chi connectivity index (χ4n) is 2.91. The lowest BCUT2D eigenvalue weighted by Gasteiger charge is -2.13. The predicted octanol–water partition coefficient (Wildman–Crippen LogP) is 3.11. The van der Waals surface area contributed by atoms with Gasteiger partial charge in [0.2, 0.25) is 0 Å². The van der Waals surface area contributed by atoms with Gasteiger partial charge in [0.25, 0.3) is 5.91 Å². The number of nitrogens with one attached hydrogen (secondary N) is 1. The molecular formula is C22H26N2O5. The largest absolute Gasteiger partial charge is 0.491 e. The van der Waals surface area contributed by atoms with Crippen LogP contribution in [0.2, 0.25) is 0 Å². The summed E-state index contributed by atoms with van der Waals surface area (Å²) in [5.74, 6) is -0.294. The van der Waals surface area contributed by atoms with E-state index in [1.54, 1.807) is 36.4 Å². The van der Waals surface area contributed by atoms with Crippen LogP contribution in [0.25, 0.3) is 0 Å². The first-order valence-corrected chi connectivity index (χ1v) is 9.60. The molecule has 1 saturated heterocycles. The van der Waals surface area contributed by atoms with Gasteiger partial charge in [-0.05, 0) is 61.4 Å². The van der Waals surface area contributed by atoms with E-state index in [4.69, 9.17) is 14.2 Å². The molecule has 7 nitrogen and oxygen atoms in total. The van der Waals surface area contributed by atoms with Crippen molar-refractivity contribution in [3.63, 3.8) is 0 Å². The molecule has 1 fully saturated rings. The summed E-state index contributed by atoms with van der Waals surface area (Å²) in [4.78, 5) is 26.1. The second-order valence-corrected chi connectivity index (χ2v) is 7.04. The molecule has 0 aromatic heterocycles. The molecule has 0 bridgehead atoms. The van der Waals surface area contributed by atoms with Crippen LogP contribution in [0.4, 0.5) is 11.4 Å². The van der Waals surface area contributed by atoms with E-state index < -0.39 is 11.9 Å². The molecule has 0 spiro atoms. The number of esters is 1. The highest BCUT2D eigenvalue weighted by Crippen LogP contribution is 2.18. The number of hydrogen-bond acceptors (Lipinski definition) is 6. The van der Waals surface area contributed by atoms with Crippen LogP contribution in [-0.4, -0.2) is 51.9 Å². The number of carbonyl (C=O) groups excluding carboxylic acids is 2. The summed E-state index contributed by atoms with van der Waals surface area (Å²) in [5, 5.41) is 2.70. The fraction of sp³-hybridized carbons (Fsp3) is 0.364. The van der Waals surface area contributed by atoms with E-state index >= 15 is 0 Å². The Morgan fingerprint density at radius 3 is 2.45 bits per heavy atom. The lowest BCUT2D eigenvalue weighted by atomic mass is 10.2. The van der Waals surface area contributed by atoms with E-state index in [2.05, 4.69) is 5.32 Å². The highest BCUT2D eigenvalue weighted by atomic mass is 16.5. The highest BCUT2D eigenvalue weighted by Gasteiger charge is 2.16. The summed E-state index contributed by atoms with van der Waals surface area (Å²) in [7, 11) is 3.88. The fourth-order valence-corrected chi connectivity index (χ4v) is 2.91. The van der Waals surface area contributed by atoms with Gasteiger partial charge in [0.1, 0.15) is 12.4 Å². The zero-order valence-corrected chi connectivity index (χ0v) is 16.7. The third-order valence-electron chi connectivity index (χ3n) is 4.55. The third kappa shape index (κ3) is 6.22. The van der Waals surface area contributed by atoms with Crippen molar-refractivity contribution in [2.45, 2.75) is 18.9 Å². The SMILES string of the molecule is CN(C)c1ccc(NC(=O)COC(=O)c2ccc(OC[C@H]3CCCO3)cc2)cc1. The summed E-state index contributed by atoms with van der Waals surface area (Å²) < 4.78 is 16.3. The molecule has 29 heavy (non-hydrogen) atoms. The van der Waals surface area contributed by atoms with E-state index in [9.17, 15) is 9.59 Å². The molecule has 1 N–H and O–H groups in total. The van der Waals surface area contributed by atoms with Gasteiger partial charge in [-0.2, -0.15) is 0 Å². The van der Waals surface area contributed by atoms with Crippen LogP contribution in [0, 0.1) is 0 Å². The van der Waals surface area contributed by atoms with E-state index in [0.717, 1.165) is 25.1 Å². The Kier molecular flexibility index (Phi) is 7.08. The van der Waals surface area contributed by atoms with Gasteiger partial charge in [0.15, 0.2) is 6.61 Å². The van der Waals surface area contributed by atoms with Crippen LogP contribution in [-0.2, 0) is 14.3 Å². The minimum atomic E-state index is -0.561. The third-order valence-corrected chi connectivity index (χ3v) is 4.55. The summed E-state index contributed by atoms with van der Waals surface area (Å²) in [6.07, 6.45) is 2.21. The van der Waals surface area contributed by atoms with Gasteiger partial charge < -0.3 is 24.4 Å². The molecule has 0 radical (unpaired) electrons. The molecule has 154 valence electrons. The number of benzene rings is 2. The molecule has 1 heterocycles. The molecule has 0 unspecified atom stereocenters. The number of hydrogen-bond donors (Lipinski definition) is 1. The average molecular weight is 398 g/mol. The predicted molar refractivity (Wildman–Crippen MR) is 111 cm³/mol. The lowest BCUT2D eigenvalue weighted by Crippen LogP contribution is -2.21. The van der Waals surface area contributed by atoms with Crippen LogP contribution in [0.5, 0.6) is 5.75 Å². The molecular weight excluding hydrogens is 372 g/mol.